The van der Waals surface area contributed by atoms with Crippen LogP contribution in [0.5, 0.6) is 0 Å². The van der Waals surface area contributed by atoms with Gasteiger partial charge in [-0.05, 0) is 56.5 Å². The third-order valence-corrected chi connectivity index (χ3v) is 5.55. The molecule has 0 aliphatic carbocycles. The maximum atomic E-state index is 12.9. The lowest BCUT2D eigenvalue weighted by molar-refractivity contribution is -0.161. The van der Waals surface area contributed by atoms with E-state index in [0.717, 1.165) is 23.3 Å². The molecule has 1 heterocycles. The molecule has 0 amide bonds. The van der Waals surface area contributed by atoms with E-state index in [1.54, 1.807) is 13.0 Å². The van der Waals surface area contributed by atoms with Crippen LogP contribution in [0.25, 0.3) is 6.08 Å². The Labute approximate surface area is 207 Å². The van der Waals surface area contributed by atoms with Crippen molar-refractivity contribution in [2.24, 2.45) is 0 Å². The monoisotopic (exact) mass is 500 g/mol. The first-order chi connectivity index (χ1) is 16.9. The van der Waals surface area contributed by atoms with Gasteiger partial charge in [-0.3, -0.25) is 9.48 Å². The molecule has 0 fully saturated rings. The van der Waals surface area contributed by atoms with Gasteiger partial charge in [0.15, 0.2) is 5.60 Å². The molecule has 3 aromatic rings. The zero-order chi connectivity index (χ0) is 26.5. The Morgan fingerprint density at radius 1 is 1.06 bits per heavy atom. The van der Waals surface area contributed by atoms with E-state index in [-0.39, 0.29) is 17.9 Å². The standard InChI is InChI=1S/C27H27F3N2O4/c1-18-17-23(24(33)21-10-12-22(13-11-21)27(28,29)30)32(31-18)15-4-5-19-6-8-20(9-7-19)14-16-36-26(2,3)25(34)35/h4-13,17H,14-16H2,1-3H3,(H,34,35)/b5-4+. The Bertz CT molecular complexity index is 1240. The van der Waals surface area contributed by atoms with E-state index in [9.17, 15) is 22.8 Å². The minimum absolute atomic E-state index is 0.152. The van der Waals surface area contributed by atoms with Gasteiger partial charge in [0.25, 0.3) is 0 Å². The van der Waals surface area contributed by atoms with Crippen LogP contribution in [0.1, 0.15) is 52.3 Å². The van der Waals surface area contributed by atoms with E-state index in [1.165, 1.54) is 30.7 Å². The van der Waals surface area contributed by atoms with Crippen LogP contribution in [0, 0.1) is 6.92 Å². The molecule has 36 heavy (non-hydrogen) atoms. The molecular weight excluding hydrogens is 473 g/mol. The molecule has 190 valence electrons. The van der Waals surface area contributed by atoms with Crippen LogP contribution < -0.4 is 0 Å². The van der Waals surface area contributed by atoms with Gasteiger partial charge in [0.2, 0.25) is 5.78 Å². The minimum Gasteiger partial charge on any atom is -0.479 e. The molecule has 0 spiro atoms. The van der Waals surface area contributed by atoms with Crippen molar-refractivity contribution >= 4 is 17.8 Å². The van der Waals surface area contributed by atoms with Gasteiger partial charge >= 0.3 is 12.1 Å². The zero-order valence-corrected chi connectivity index (χ0v) is 20.2. The number of hydrogen-bond donors (Lipinski definition) is 1. The Morgan fingerprint density at radius 2 is 1.69 bits per heavy atom. The summed E-state index contributed by atoms with van der Waals surface area (Å²) >= 11 is 0. The molecule has 0 unspecified atom stereocenters. The maximum absolute atomic E-state index is 12.9. The third kappa shape index (κ3) is 6.91. The van der Waals surface area contributed by atoms with Crippen molar-refractivity contribution in [2.75, 3.05) is 6.61 Å². The van der Waals surface area contributed by atoms with Gasteiger partial charge in [-0.25, -0.2) is 4.79 Å². The van der Waals surface area contributed by atoms with Gasteiger partial charge in [0.1, 0.15) is 5.69 Å². The van der Waals surface area contributed by atoms with E-state index in [0.29, 0.717) is 18.7 Å². The number of carboxylic acid groups (broad SMARTS) is 1. The first-order valence-electron chi connectivity index (χ1n) is 11.3. The average molecular weight is 501 g/mol. The molecule has 9 heteroatoms. The molecule has 6 nitrogen and oxygen atoms in total. The highest BCUT2D eigenvalue weighted by Crippen LogP contribution is 2.29. The van der Waals surface area contributed by atoms with Crippen LogP contribution in [0.2, 0.25) is 0 Å². The summed E-state index contributed by atoms with van der Waals surface area (Å²) in [4.78, 5) is 24.0. The number of carboxylic acids is 1. The van der Waals surface area contributed by atoms with Crippen molar-refractivity contribution in [1.29, 1.82) is 0 Å². The quantitative estimate of drug-likeness (QED) is 0.368. The number of nitrogens with zero attached hydrogens (tertiary/aromatic N) is 2. The molecule has 1 N–H and O–H groups in total. The molecule has 0 atom stereocenters. The number of carbonyl (C=O) groups is 2. The molecular formula is C27H27F3N2O4. The number of ketones is 1. The summed E-state index contributed by atoms with van der Waals surface area (Å²) in [6.45, 7) is 5.34. The molecule has 2 aromatic carbocycles. The highest BCUT2D eigenvalue weighted by atomic mass is 19.4. The number of aliphatic carboxylic acids is 1. The largest absolute Gasteiger partial charge is 0.479 e. The SMILES string of the molecule is Cc1cc(C(=O)c2ccc(C(F)(F)F)cc2)n(C/C=C/c2ccc(CCOC(C)(C)C(=O)O)cc2)n1. The molecule has 1 aromatic heterocycles. The molecule has 0 radical (unpaired) electrons. The summed E-state index contributed by atoms with van der Waals surface area (Å²) in [6.07, 6.45) is -0.183. The Kier molecular flexibility index (Phi) is 8.14. The third-order valence-electron chi connectivity index (χ3n) is 5.55. The topological polar surface area (TPSA) is 81.4 Å². The molecule has 3 rings (SSSR count). The number of alkyl halides is 3. The highest BCUT2D eigenvalue weighted by Gasteiger charge is 2.30. The summed E-state index contributed by atoms with van der Waals surface area (Å²) in [5.41, 5.74) is 0.937. The summed E-state index contributed by atoms with van der Waals surface area (Å²) in [5, 5.41) is 13.4. The fourth-order valence-electron chi connectivity index (χ4n) is 3.40. The number of halogens is 3. The van der Waals surface area contributed by atoms with Gasteiger partial charge in [-0.2, -0.15) is 18.3 Å². The second-order valence-corrected chi connectivity index (χ2v) is 8.82. The average Bonchev–Trinajstić information content (AvgIpc) is 3.19. The number of benzene rings is 2. The molecule has 0 saturated carbocycles. The molecule has 0 saturated heterocycles. The van der Waals surface area contributed by atoms with Gasteiger partial charge in [-0.1, -0.05) is 48.6 Å². The van der Waals surface area contributed by atoms with Crippen LogP contribution in [0.3, 0.4) is 0 Å². The van der Waals surface area contributed by atoms with Crippen molar-refractivity contribution in [3.63, 3.8) is 0 Å². The Hall–Kier alpha value is -3.72. The van der Waals surface area contributed by atoms with Crippen LogP contribution in [-0.4, -0.2) is 38.8 Å². The molecule has 0 aliphatic rings. The number of aryl methyl sites for hydroxylation is 1. The van der Waals surface area contributed by atoms with E-state index in [4.69, 9.17) is 9.84 Å². The van der Waals surface area contributed by atoms with E-state index in [2.05, 4.69) is 5.10 Å². The summed E-state index contributed by atoms with van der Waals surface area (Å²) in [5.74, 6) is -1.42. The first-order valence-corrected chi connectivity index (χ1v) is 11.3. The maximum Gasteiger partial charge on any atom is 0.416 e. The second kappa shape index (κ2) is 10.9. The Balaban J connectivity index is 1.62. The summed E-state index contributed by atoms with van der Waals surface area (Å²) in [7, 11) is 0. The number of aromatic nitrogens is 2. The van der Waals surface area contributed by atoms with Crippen molar-refractivity contribution in [2.45, 2.75) is 45.5 Å². The number of allylic oxidation sites excluding steroid dienone is 1. The van der Waals surface area contributed by atoms with Gasteiger partial charge in [0, 0.05) is 5.56 Å². The van der Waals surface area contributed by atoms with Gasteiger partial charge in [0.05, 0.1) is 24.4 Å². The normalized spacial score (nSPS) is 12.3. The number of ether oxygens (including phenoxy) is 1. The fourth-order valence-corrected chi connectivity index (χ4v) is 3.40. The van der Waals surface area contributed by atoms with Crippen molar-refractivity contribution in [3.8, 4) is 0 Å². The summed E-state index contributed by atoms with van der Waals surface area (Å²) < 4.78 is 45.4. The van der Waals surface area contributed by atoms with Crippen molar-refractivity contribution in [1.82, 2.24) is 9.78 Å². The van der Waals surface area contributed by atoms with Crippen LogP contribution in [-0.2, 0) is 28.7 Å². The van der Waals surface area contributed by atoms with Crippen LogP contribution in [0.15, 0.2) is 60.7 Å². The van der Waals surface area contributed by atoms with E-state index in [1.807, 2.05) is 36.4 Å². The summed E-state index contributed by atoms with van der Waals surface area (Å²) in [6, 6.07) is 13.4. The first kappa shape index (κ1) is 26.9. The number of hydrogen-bond acceptors (Lipinski definition) is 4. The molecule has 0 aliphatic heterocycles. The molecule has 0 bridgehead atoms. The van der Waals surface area contributed by atoms with Crippen LogP contribution >= 0.6 is 0 Å². The highest BCUT2D eigenvalue weighted by molar-refractivity contribution is 6.08. The Morgan fingerprint density at radius 3 is 2.28 bits per heavy atom. The number of carbonyl (C=O) groups excluding carboxylic acids is 1. The lowest BCUT2D eigenvalue weighted by Crippen LogP contribution is -2.35. The van der Waals surface area contributed by atoms with Crippen LogP contribution in [0.4, 0.5) is 13.2 Å². The number of rotatable bonds is 10. The lowest BCUT2D eigenvalue weighted by Gasteiger charge is -2.19. The van der Waals surface area contributed by atoms with Gasteiger partial charge < -0.3 is 9.84 Å². The van der Waals surface area contributed by atoms with Crippen molar-refractivity contribution in [3.05, 3.63) is 94.3 Å². The van der Waals surface area contributed by atoms with Gasteiger partial charge in [-0.15, -0.1) is 0 Å². The van der Waals surface area contributed by atoms with E-state index >= 15 is 0 Å². The smallest absolute Gasteiger partial charge is 0.416 e. The zero-order valence-electron chi connectivity index (χ0n) is 20.2. The predicted molar refractivity (Wildman–Crippen MR) is 129 cm³/mol. The lowest BCUT2D eigenvalue weighted by atomic mass is 10.1. The minimum atomic E-state index is -4.46. The predicted octanol–water partition coefficient (Wildman–Crippen LogP) is 5.58. The van der Waals surface area contributed by atoms with E-state index < -0.39 is 29.1 Å². The second-order valence-electron chi connectivity index (χ2n) is 8.82. The fraction of sp³-hybridized carbons (Fsp3) is 0.296. The van der Waals surface area contributed by atoms with Crippen molar-refractivity contribution < 1.29 is 32.6 Å².